The molecular weight excluding hydrogens is 291 g/mol. The van der Waals surface area contributed by atoms with Gasteiger partial charge in [0.1, 0.15) is 5.70 Å². The molecular formula is C16H11N2NaOS. The van der Waals surface area contributed by atoms with Gasteiger partial charge in [0, 0.05) is 11.1 Å². The zero-order valence-electron chi connectivity index (χ0n) is 11.5. The predicted molar refractivity (Wildman–Crippen MR) is 82.6 cm³/mol. The molecule has 0 aromatic heterocycles. The van der Waals surface area contributed by atoms with Gasteiger partial charge in [0.05, 0.1) is 11.4 Å². The number of aliphatic imine (C=N–C) groups is 1. The molecule has 1 amide bonds. The first kappa shape index (κ1) is 15.9. The van der Waals surface area contributed by atoms with Crippen molar-refractivity contribution < 1.29 is 34.4 Å². The number of rotatable bonds is 1. The summed E-state index contributed by atoms with van der Waals surface area (Å²) in [6, 6.07) is 17.4. The molecule has 1 aliphatic rings. The number of carbonyl (C=O) groups excluding carboxylic acids is 1. The third-order valence-electron chi connectivity index (χ3n) is 3.05. The Balaban J connectivity index is 0.00000161. The van der Waals surface area contributed by atoms with Crippen LogP contribution in [-0.2, 0) is 17.4 Å². The molecule has 0 bridgehead atoms. The molecule has 1 aliphatic heterocycles. The van der Waals surface area contributed by atoms with E-state index in [1.54, 1.807) is 0 Å². The van der Waals surface area contributed by atoms with Crippen LogP contribution in [0.25, 0.3) is 0 Å². The van der Waals surface area contributed by atoms with Crippen LogP contribution in [0, 0.1) is 0 Å². The van der Waals surface area contributed by atoms with Crippen LogP contribution in [0.4, 0.5) is 5.69 Å². The van der Waals surface area contributed by atoms with E-state index >= 15 is 0 Å². The summed E-state index contributed by atoms with van der Waals surface area (Å²) in [5.41, 5.74) is 3.57. The van der Waals surface area contributed by atoms with Gasteiger partial charge in [-0.25, -0.2) is 4.99 Å². The molecule has 0 aliphatic carbocycles. The van der Waals surface area contributed by atoms with Crippen molar-refractivity contribution in [3.8, 4) is 0 Å². The summed E-state index contributed by atoms with van der Waals surface area (Å²) in [5.74, 6) is -0.279. The number of anilines is 1. The van der Waals surface area contributed by atoms with E-state index in [2.05, 4.69) is 10.3 Å². The monoisotopic (exact) mass is 302 g/mol. The number of para-hydroxylation sites is 1. The molecule has 0 spiro atoms. The number of nitrogens with one attached hydrogen (secondary N) is 1. The van der Waals surface area contributed by atoms with E-state index in [1.807, 2.05) is 54.6 Å². The molecule has 0 unspecified atom stereocenters. The number of benzodiazepines with no additional fused rings is 1. The number of hydrogen-bond acceptors (Lipinski definition) is 3. The van der Waals surface area contributed by atoms with Crippen molar-refractivity contribution in [1.82, 2.24) is 0 Å². The molecule has 21 heavy (non-hydrogen) atoms. The molecule has 0 radical (unpaired) electrons. The van der Waals surface area contributed by atoms with Crippen molar-refractivity contribution >= 4 is 29.9 Å². The van der Waals surface area contributed by atoms with Crippen molar-refractivity contribution in [2.75, 3.05) is 5.32 Å². The van der Waals surface area contributed by atoms with Gasteiger partial charge in [0.2, 0.25) is 0 Å². The standard InChI is InChI=1S/C16H12N2OS.Na/c19-16-14(10-20)17-15(11-6-2-1-3-7-11)12-8-4-5-9-13(12)18-16;/h1-10,20H,(H,18,19);/q;+1/p-1/b14-10+;. The quantitative estimate of drug-likeness (QED) is 0.453. The molecule has 0 fully saturated rings. The molecule has 5 heteroatoms. The molecule has 2 aromatic carbocycles. The first-order chi connectivity index (χ1) is 9.79. The van der Waals surface area contributed by atoms with Crippen LogP contribution in [0.2, 0.25) is 0 Å². The van der Waals surface area contributed by atoms with Crippen LogP contribution in [0.5, 0.6) is 0 Å². The summed E-state index contributed by atoms with van der Waals surface area (Å²) in [6.45, 7) is 0. The molecule has 3 rings (SSSR count). The SMILES string of the molecule is O=C1Nc2ccccc2C(c2ccccc2)=N/C1=C/[S-].[Na+]. The van der Waals surface area contributed by atoms with Crippen LogP contribution in [-0.4, -0.2) is 11.6 Å². The van der Waals surface area contributed by atoms with Gasteiger partial charge in [0.15, 0.2) is 0 Å². The van der Waals surface area contributed by atoms with Crippen LogP contribution in [0.3, 0.4) is 0 Å². The van der Waals surface area contributed by atoms with Crippen LogP contribution < -0.4 is 34.9 Å². The fourth-order valence-corrected chi connectivity index (χ4v) is 2.27. The Morgan fingerprint density at radius 3 is 2.38 bits per heavy atom. The molecule has 1 heterocycles. The molecule has 3 nitrogen and oxygen atoms in total. The minimum atomic E-state index is -0.279. The third kappa shape index (κ3) is 3.24. The van der Waals surface area contributed by atoms with E-state index in [0.29, 0.717) is 0 Å². The van der Waals surface area contributed by atoms with Crippen molar-refractivity contribution in [1.29, 1.82) is 0 Å². The Bertz CT molecular complexity index is 726. The van der Waals surface area contributed by atoms with Gasteiger partial charge >= 0.3 is 29.6 Å². The first-order valence-corrected chi connectivity index (χ1v) is 6.64. The maximum Gasteiger partial charge on any atom is 1.00 e. The number of nitrogens with zero attached hydrogens (tertiary/aromatic N) is 1. The van der Waals surface area contributed by atoms with Crippen molar-refractivity contribution in [2.24, 2.45) is 4.99 Å². The van der Waals surface area contributed by atoms with Crippen LogP contribution in [0.15, 0.2) is 70.7 Å². The van der Waals surface area contributed by atoms with Gasteiger partial charge in [-0.1, -0.05) is 48.5 Å². The summed E-state index contributed by atoms with van der Waals surface area (Å²) >= 11 is 4.89. The third-order valence-corrected chi connectivity index (χ3v) is 3.28. The summed E-state index contributed by atoms with van der Waals surface area (Å²) in [7, 11) is 0. The molecule has 2 aromatic rings. The summed E-state index contributed by atoms with van der Waals surface area (Å²) in [6.07, 6.45) is 0. The van der Waals surface area contributed by atoms with Gasteiger partial charge in [-0.05, 0) is 6.07 Å². The molecule has 1 N–H and O–H groups in total. The summed E-state index contributed by atoms with van der Waals surface area (Å²) in [5, 5.41) is 4.14. The Kier molecular flexibility index (Phi) is 5.31. The molecule has 0 atom stereocenters. The number of amides is 1. The summed E-state index contributed by atoms with van der Waals surface area (Å²) < 4.78 is 0. The van der Waals surface area contributed by atoms with Crippen molar-refractivity contribution in [3.05, 3.63) is 76.8 Å². The summed E-state index contributed by atoms with van der Waals surface area (Å²) in [4.78, 5) is 16.5. The zero-order chi connectivity index (χ0) is 13.9. The largest absolute Gasteiger partial charge is 1.00 e. The Hall–Kier alpha value is -1.46. The van der Waals surface area contributed by atoms with Crippen LogP contribution >= 0.6 is 0 Å². The zero-order valence-corrected chi connectivity index (χ0v) is 14.4. The Labute approximate surface area is 150 Å². The first-order valence-electron chi connectivity index (χ1n) is 6.16. The van der Waals surface area contributed by atoms with E-state index in [9.17, 15) is 4.79 Å². The maximum absolute atomic E-state index is 12.0. The molecule has 98 valence electrons. The van der Waals surface area contributed by atoms with Gasteiger partial charge in [-0.3, -0.25) is 4.79 Å². The fraction of sp³-hybridized carbons (Fsp3) is 0. The average molecular weight is 302 g/mol. The maximum atomic E-state index is 12.0. The Morgan fingerprint density at radius 2 is 1.67 bits per heavy atom. The van der Waals surface area contributed by atoms with Gasteiger partial charge in [-0.2, -0.15) is 5.41 Å². The van der Waals surface area contributed by atoms with Gasteiger partial charge in [0.25, 0.3) is 5.91 Å². The molecule has 0 saturated carbocycles. The number of benzene rings is 2. The Morgan fingerprint density at radius 1 is 1.00 bits per heavy atom. The second-order valence-corrected chi connectivity index (χ2v) is 4.56. The van der Waals surface area contributed by atoms with Gasteiger partial charge < -0.3 is 17.9 Å². The van der Waals surface area contributed by atoms with E-state index in [0.717, 1.165) is 22.5 Å². The normalized spacial score (nSPS) is 15.3. The molecule has 0 saturated heterocycles. The minimum absolute atomic E-state index is 0. The number of fused-ring (bicyclic) bond motifs is 1. The van der Waals surface area contributed by atoms with Crippen molar-refractivity contribution in [3.63, 3.8) is 0 Å². The average Bonchev–Trinajstić information content (AvgIpc) is 2.64. The van der Waals surface area contributed by atoms with E-state index in [-0.39, 0.29) is 41.2 Å². The number of hydrogen-bond donors (Lipinski definition) is 1. The van der Waals surface area contributed by atoms with Crippen molar-refractivity contribution in [2.45, 2.75) is 0 Å². The second kappa shape index (κ2) is 7.00. The predicted octanol–water partition coefficient (Wildman–Crippen LogP) is -0.132. The number of carbonyl (C=O) groups is 1. The second-order valence-electron chi connectivity index (χ2n) is 4.33. The van der Waals surface area contributed by atoms with E-state index in [1.165, 1.54) is 5.41 Å². The van der Waals surface area contributed by atoms with E-state index in [4.69, 9.17) is 12.6 Å². The smallest absolute Gasteiger partial charge is 0.785 e. The van der Waals surface area contributed by atoms with Crippen LogP contribution in [0.1, 0.15) is 11.1 Å². The minimum Gasteiger partial charge on any atom is -0.785 e. The fourth-order valence-electron chi connectivity index (χ4n) is 2.11. The topological polar surface area (TPSA) is 41.5 Å². The van der Waals surface area contributed by atoms with Gasteiger partial charge in [-0.15, -0.1) is 0 Å². The van der Waals surface area contributed by atoms with E-state index < -0.39 is 0 Å².